The number of nitrogens with zero attached hydrogens (tertiary/aromatic N) is 1. The number of aromatic nitrogens is 1. The van der Waals surface area contributed by atoms with Crippen molar-refractivity contribution < 1.29 is 19.5 Å². The summed E-state index contributed by atoms with van der Waals surface area (Å²) in [6.45, 7) is 0.0744. The van der Waals surface area contributed by atoms with Gasteiger partial charge in [0.05, 0.1) is 12.3 Å². The number of hydroxylamine groups is 1. The summed E-state index contributed by atoms with van der Waals surface area (Å²) in [7, 11) is 0. The van der Waals surface area contributed by atoms with Crippen molar-refractivity contribution in [2.45, 2.75) is 25.2 Å². The summed E-state index contributed by atoms with van der Waals surface area (Å²) < 4.78 is 5.51. The molecule has 1 aromatic heterocycles. The molecule has 1 aliphatic carbocycles. The minimum atomic E-state index is -0.970. The maximum absolute atomic E-state index is 10.9. The molecule has 6 nitrogen and oxygen atoms in total. The third kappa shape index (κ3) is 6.33. The van der Waals surface area contributed by atoms with E-state index in [9.17, 15) is 4.79 Å². The molecule has 3 aromatic rings. The van der Waals surface area contributed by atoms with E-state index in [1.54, 1.807) is 12.4 Å². The smallest absolute Gasteiger partial charge is 0.341 e. The fourth-order valence-electron chi connectivity index (χ4n) is 4.13. The second kappa shape index (κ2) is 11.8. The van der Waals surface area contributed by atoms with Crippen LogP contribution in [-0.4, -0.2) is 29.3 Å². The van der Waals surface area contributed by atoms with E-state index in [1.807, 2.05) is 66.7 Å². The number of pyridine rings is 1. The van der Waals surface area contributed by atoms with Gasteiger partial charge >= 0.3 is 5.97 Å². The number of carboxylic acid groups (broad SMARTS) is 1. The minimum Gasteiger partial charge on any atom is -0.482 e. The zero-order valence-corrected chi connectivity index (χ0v) is 18.9. The minimum absolute atomic E-state index is 0.250. The van der Waals surface area contributed by atoms with E-state index in [2.05, 4.69) is 22.6 Å². The molecule has 2 aromatic carbocycles. The number of aliphatic carboxylic acids is 1. The van der Waals surface area contributed by atoms with E-state index in [0.717, 1.165) is 41.6 Å². The normalized spacial score (nSPS) is 15.6. The molecule has 0 fully saturated rings. The number of fused-ring (bicyclic) bond motifs is 1. The number of carboxylic acids is 1. The maximum atomic E-state index is 10.9. The summed E-state index contributed by atoms with van der Waals surface area (Å²) in [4.78, 5) is 20.8. The highest BCUT2D eigenvalue weighted by molar-refractivity contribution is 5.79. The fraction of sp³-hybridized carbons (Fsp3) is 0.214. The van der Waals surface area contributed by atoms with Crippen LogP contribution in [-0.2, 0) is 16.1 Å². The quantitative estimate of drug-likeness (QED) is 0.247. The van der Waals surface area contributed by atoms with Crippen LogP contribution in [0.2, 0.25) is 0 Å². The summed E-state index contributed by atoms with van der Waals surface area (Å²) in [6, 6.07) is 19.8. The second-order valence-corrected chi connectivity index (χ2v) is 8.06. The summed E-state index contributed by atoms with van der Waals surface area (Å²) in [5.41, 5.74) is 8.23. The Balaban J connectivity index is 1.39. The molecule has 1 unspecified atom stereocenters. The third-order valence-electron chi connectivity index (χ3n) is 5.67. The molecule has 0 aliphatic heterocycles. The Morgan fingerprint density at radius 3 is 2.79 bits per heavy atom. The Morgan fingerprint density at radius 1 is 1.12 bits per heavy atom. The molecule has 0 bridgehead atoms. The van der Waals surface area contributed by atoms with E-state index in [0.29, 0.717) is 12.4 Å². The number of carbonyl (C=O) groups is 1. The lowest BCUT2D eigenvalue weighted by Gasteiger charge is -2.25. The van der Waals surface area contributed by atoms with Crippen LogP contribution in [0.25, 0.3) is 11.8 Å². The van der Waals surface area contributed by atoms with Crippen molar-refractivity contribution in [1.29, 1.82) is 0 Å². The van der Waals surface area contributed by atoms with Crippen LogP contribution in [0.4, 0.5) is 0 Å². The van der Waals surface area contributed by atoms with Crippen LogP contribution in [0.15, 0.2) is 85.2 Å². The van der Waals surface area contributed by atoms with Crippen LogP contribution in [0.1, 0.15) is 41.0 Å². The fourth-order valence-corrected chi connectivity index (χ4v) is 4.13. The highest BCUT2D eigenvalue weighted by Gasteiger charge is 2.21. The zero-order chi connectivity index (χ0) is 23.6. The number of rotatable bonds is 10. The number of nitrogens with one attached hydrogen (secondary N) is 1. The van der Waals surface area contributed by atoms with Crippen LogP contribution in [0, 0.1) is 0 Å². The summed E-state index contributed by atoms with van der Waals surface area (Å²) in [5.74, 6) is -0.0498. The average Bonchev–Trinajstić information content (AvgIpc) is 2.87. The Hall–Kier alpha value is -3.90. The van der Waals surface area contributed by atoms with Crippen LogP contribution in [0.3, 0.4) is 0 Å². The van der Waals surface area contributed by atoms with Crippen LogP contribution in [0.5, 0.6) is 5.75 Å². The predicted octanol–water partition coefficient (Wildman–Crippen LogP) is 5.24. The van der Waals surface area contributed by atoms with Gasteiger partial charge in [-0.3, -0.25) is 15.3 Å². The van der Waals surface area contributed by atoms with E-state index in [4.69, 9.17) is 14.7 Å². The first kappa shape index (κ1) is 23.3. The molecule has 0 amide bonds. The standard InChI is InChI=1S/C28H28N2O4/c31-28(32)20-33-27-15-5-13-24-22(11-4-14-25(24)27)12-7-17-34-30-26(23-9-2-1-3-10-23)18-21-8-6-16-29-19-21/h1-3,5-10,12-13,15-16,18-19,22,30H,4,11,14,17,20H2,(H,31,32). The number of hydrogen-bond acceptors (Lipinski definition) is 5. The molecule has 0 radical (unpaired) electrons. The topological polar surface area (TPSA) is 80.7 Å². The number of ether oxygens (including phenoxy) is 1. The van der Waals surface area contributed by atoms with Crippen molar-refractivity contribution in [3.63, 3.8) is 0 Å². The molecule has 2 N–H and O–H groups in total. The molecule has 34 heavy (non-hydrogen) atoms. The van der Waals surface area contributed by atoms with E-state index in [1.165, 1.54) is 5.56 Å². The van der Waals surface area contributed by atoms with Crippen molar-refractivity contribution in [1.82, 2.24) is 10.5 Å². The van der Waals surface area contributed by atoms with Crippen molar-refractivity contribution in [3.8, 4) is 5.75 Å². The van der Waals surface area contributed by atoms with Gasteiger partial charge in [0.25, 0.3) is 0 Å². The van der Waals surface area contributed by atoms with Crippen molar-refractivity contribution in [2.75, 3.05) is 13.2 Å². The Morgan fingerprint density at radius 2 is 2.00 bits per heavy atom. The molecule has 174 valence electrons. The molecular formula is C28H28N2O4. The average molecular weight is 457 g/mol. The summed E-state index contributed by atoms with van der Waals surface area (Å²) in [6.07, 6.45) is 12.7. The van der Waals surface area contributed by atoms with Gasteiger partial charge in [-0.05, 0) is 59.7 Å². The molecule has 1 atom stereocenters. The maximum Gasteiger partial charge on any atom is 0.341 e. The van der Waals surface area contributed by atoms with E-state index in [-0.39, 0.29) is 12.5 Å². The monoisotopic (exact) mass is 456 g/mol. The number of benzene rings is 2. The van der Waals surface area contributed by atoms with Gasteiger partial charge in [0.15, 0.2) is 6.61 Å². The van der Waals surface area contributed by atoms with Crippen molar-refractivity contribution in [2.24, 2.45) is 0 Å². The molecule has 4 rings (SSSR count). The number of hydrogen-bond donors (Lipinski definition) is 2. The van der Waals surface area contributed by atoms with Gasteiger partial charge in [-0.1, -0.05) is 60.7 Å². The van der Waals surface area contributed by atoms with Crippen LogP contribution >= 0.6 is 0 Å². The molecule has 0 saturated heterocycles. The van der Waals surface area contributed by atoms with Crippen molar-refractivity contribution in [3.05, 3.63) is 107 Å². The molecule has 0 spiro atoms. The molecule has 0 saturated carbocycles. The lowest BCUT2D eigenvalue weighted by molar-refractivity contribution is -0.139. The van der Waals surface area contributed by atoms with Crippen LogP contribution < -0.4 is 10.2 Å². The first-order chi connectivity index (χ1) is 16.7. The Labute approximate surface area is 199 Å². The molecule has 1 aliphatic rings. The lowest BCUT2D eigenvalue weighted by atomic mass is 9.82. The van der Waals surface area contributed by atoms with Crippen molar-refractivity contribution >= 4 is 17.7 Å². The van der Waals surface area contributed by atoms with Gasteiger partial charge in [0.1, 0.15) is 5.75 Å². The summed E-state index contributed by atoms with van der Waals surface area (Å²) in [5, 5.41) is 8.93. The highest BCUT2D eigenvalue weighted by Crippen LogP contribution is 2.37. The SMILES string of the molecule is O=C(O)COc1cccc2c1CCCC2C=CCONC(=Cc1cccnc1)c1ccccc1. The third-order valence-corrected chi connectivity index (χ3v) is 5.67. The lowest BCUT2D eigenvalue weighted by Crippen LogP contribution is -2.15. The molecular weight excluding hydrogens is 428 g/mol. The molecule has 6 heteroatoms. The van der Waals surface area contributed by atoms with Gasteiger partial charge in [-0.15, -0.1) is 0 Å². The molecule has 1 heterocycles. The number of allylic oxidation sites excluding steroid dienone is 1. The van der Waals surface area contributed by atoms with Gasteiger partial charge in [0.2, 0.25) is 0 Å². The Kier molecular flexibility index (Phi) is 8.08. The predicted molar refractivity (Wildman–Crippen MR) is 132 cm³/mol. The van der Waals surface area contributed by atoms with E-state index < -0.39 is 5.97 Å². The van der Waals surface area contributed by atoms with Gasteiger partial charge in [0, 0.05) is 18.3 Å². The van der Waals surface area contributed by atoms with Gasteiger partial charge in [-0.25, -0.2) is 4.79 Å². The first-order valence-corrected chi connectivity index (χ1v) is 11.4. The summed E-state index contributed by atoms with van der Waals surface area (Å²) >= 11 is 0. The second-order valence-electron chi connectivity index (χ2n) is 8.06. The van der Waals surface area contributed by atoms with Gasteiger partial charge < -0.3 is 9.84 Å². The first-order valence-electron chi connectivity index (χ1n) is 11.4. The highest BCUT2D eigenvalue weighted by atomic mass is 16.6. The largest absolute Gasteiger partial charge is 0.482 e. The zero-order valence-electron chi connectivity index (χ0n) is 18.9. The van der Waals surface area contributed by atoms with Gasteiger partial charge in [-0.2, -0.15) is 0 Å². The Bertz CT molecular complexity index is 1140. The van der Waals surface area contributed by atoms with E-state index >= 15 is 0 Å².